The number of anilines is 2. The minimum atomic E-state index is -0.264. The SMILES string of the molecule is CCOC(=O)Cc1ccccc1N(Cc1ccccc1)c1c(Cl)cccc1Cl. The number of esters is 1. The summed E-state index contributed by atoms with van der Waals surface area (Å²) in [4.78, 5) is 14.2. The van der Waals surface area contributed by atoms with Crippen LogP contribution in [0.3, 0.4) is 0 Å². The van der Waals surface area contributed by atoms with Crippen LogP contribution in [-0.2, 0) is 22.5 Å². The monoisotopic (exact) mass is 413 g/mol. The van der Waals surface area contributed by atoms with Gasteiger partial charge in [0, 0.05) is 12.2 Å². The zero-order chi connectivity index (χ0) is 19.9. The van der Waals surface area contributed by atoms with Crippen molar-refractivity contribution in [3.8, 4) is 0 Å². The topological polar surface area (TPSA) is 29.5 Å². The van der Waals surface area contributed by atoms with Crippen LogP contribution in [0.25, 0.3) is 0 Å². The molecule has 0 unspecified atom stereocenters. The lowest BCUT2D eigenvalue weighted by atomic mass is 10.1. The van der Waals surface area contributed by atoms with Crippen LogP contribution < -0.4 is 4.90 Å². The van der Waals surface area contributed by atoms with Gasteiger partial charge in [-0.2, -0.15) is 0 Å². The van der Waals surface area contributed by atoms with Crippen molar-refractivity contribution >= 4 is 40.5 Å². The van der Waals surface area contributed by atoms with E-state index in [0.717, 1.165) is 16.8 Å². The second-order valence-electron chi connectivity index (χ2n) is 6.25. The van der Waals surface area contributed by atoms with Crippen LogP contribution >= 0.6 is 23.2 Å². The molecule has 3 nitrogen and oxygen atoms in total. The molecule has 0 N–H and O–H groups in total. The normalized spacial score (nSPS) is 10.5. The Labute approximate surface area is 175 Å². The van der Waals surface area contributed by atoms with Crippen LogP contribution in [0.1, 0.15) is 18.1 Å². The third kappa shape index (κ3) is 4.86. The molecule has 0 amide bonds. The van der Waals surface area contributed by atoms with Crippen LogP contribution in [0.15, 0.2) is 72.8 Å². The highest BCUT2D eigenvalue weighted by molar-refractivity contribution is 6.39. The molecule has 0 bridgehead atoms. The molecule has 0 aliphatic carbocycles. The lowest BCUT2D eigenvalue weighted by molar-refractivity contribution is -0.142. The number of para-hydroxylation sites is 2. The number of rotatable bonds is 7. The molecular weight excluding hydrogens is 393 g/mol. The maximum atomic E-state index is 12.1. The number of carbonyl (C=O) groups is 1. The van der Waals surface area contributed by atoms with Crippen molar-refractivity contribution in [2.75, 3.05) is 11.5 Å². The first-order chi connectivity index (χ1) is 13.6. The summed E-state index contributed by atoms with van der Waals surface area (Å²) < 4.78 is 5.14. The molecule has 3 rings (SSSR count). The summed E-state index contributed by atoms with van der Waals surface area (Å²) in [6.07, 6.45) is 0.178. The number of benzene rings is 3. The molecule has 0 spiro atoms. The number of hydrogen-bond donors (Lipinski definition) is 0. The largest absolute Gasteiger partial charge is 0.466 e. The van der Waals surface area contributed by atoms with Gasteiger partial charge in [-0.1, -0.05) is 77.8 Å². The molecule has 0 radical (unpaired) electrons. The summed E-state index contributed by atoms with van der Waals surface area (Å²) in [7, 11) is 0. The Kier molecular flexibility index (Phi) is 6.96. The third-order valence-corrected chi connectivity index (χ3v) is 4.92. The van der Waals surface area contributed by atoms with E-state index in [0.29, 0.717) is 28.9 Å². The van der Waals surface area contributed by atoms with Gasteiger partial charge in [0.1, 0.15) is 0 Å². The number of hydrogen-bond acceptors (Lipinski definition) is 3. The quantitative estimate of drug-likeness (QED) is 0.417. The maximum Gasteiger partial charge on any atom is 0.310 e. The van der Waals surface area contributed by atoms with Gasteiger partial charge in [-0.15, -0.1) is 0 Å². The van der Waals surface area contributed by atoms with Gasteiger partial charge in [-0.05, 0) is 36.2 Å². The minimum Gasteiger partial charge on any atom is -0.466 e. The standard InChI is InChI=1S/C23H21Cl2NO2/c1-2-28-22(27)15-18-11-6-7-14-21(18)26(16-17-9-4-3-5-10-17)23-19(24)12-8-13-20(23)25/h3-14H,2,15-16H2,1H3. The summed E-state index contributed by atoms with van der Waals surface area (Å²) >= 11 is 13.1. The summed E-state index contributed by atoms with van der Waals surface area (Å²) in [6.45, 7) is 2.71. The molecule has 0 aromatic heterocycles. The van der Waals surface area contributed by atoms with Crippen molar-refractivity contribution in [1.29, 1.82) is 0 Å². The summed E-state index contributed by atoms with van der Waals surface area (Å²) in [5.74, 6) is -0.264. The van der Waals surface area contributed by atoms with Crippen LogP contribution in [0, 0.1) is 0 Å². The van der Waals surface area contributed by atoms with E-state index in [2.05, 4.69) is 4.90 Å². The second kappa shape index (κ2) is 9.63. The highest BCUT2D eigenvalue weighted by Gasteiger charge is 2.20. The van der Waals surface area contributed by atoms with Crippen LogP contribution in [-0.4, -0.2) is 12.6 Å². The van der Waals surface area contributed by atoms with E-state index in [4.69, 9.17) is 27.9 Å². The van der Waals surface area contributed by atoms with E-state index < -0.39 is 0 Å². The second-order valence-corrected chi connectivity index (χ2v) is 7.07. The number of ether oxygens (including phenoxy) is 1. The van der Waals surface area contributed by atoms with E-state index in [-0.39, 0.29) is 12.4 Å². The molecule has 0 aliphatic heterocycles. The van der Waals surface area contributed by atoms with Crippen LogP contribution in [0.2, 0.25) is 10.0 Å². The Bertz CT molecular complexity index is 924. The Morgan fingerprint density at radius 1 is 0.893 bits per heavy atom. The van der Waals surface area contributed by atoms with Gasteiger partial charge in [0.2, 0.25) is 0 Å². The highest BCUT2D eigenvalue weighted by Crippen LogP contribution is 2.40. The lowest BCUT2D eigenvalue weighted by Gasteiger charge is -2.29. The molecule has 0 aliphatic rings. The third-order valence-electron chi connectivity index (χ3n) is 4.31. The average Bonchev–Trinajstić information content (AvgIpc) is 2.68. The lowest BCUT2D eigenvalue weighted by Crippen LogP contribution is -2.20. The Hall–Kier alpha value is -2.49. The van der Waals surface area contributed by atoms with Gasteiger partial charge in [0.25, 0.3) is 0 Å². The zero-order valence-corrected chi connectivity index (χ0v) is 17.1. The molecule has 3 aromatic rings. The molecule has 0 saturated heterocycles. The minimum absolute atomic E-state index is 0.178. The Balaban J connectivity index is 2.09. The van der Waals surface area contributed by atoms with Crippen molar-refractivity contribution in [2.45, 2.75) is 19.9 Å². The molecule has 0 heterocycles. The zero-order valence-electron chi connectivity index (χ0n) is 15.6. The van der Waals surface area contributed by atoms with Crippen molar-refractivity contribution in [1.82, 2.24) is 0 Å². The summed E-state index contributed by atoms with van der Waals surface area (Å²) in [5, 5.41) is 1.10. The van der Waals surface area contributed by atoms with Crippen molar-refractivity contribution in [2.24, 2.45) is 0 Å². The van der Waals surface area contributed by atoms with Gasteiger partial charge in [0.15, 0.2) is 0 Å². The van der Waals surface area contributed by atoms with Gasteiger partial charge in [0.05, 0.1) is 28.8 Å². The first kappa shape index (κ1) is 20.2. The van der Waals surface area contributed by atoms with Crippen LogP contribution in [0.5, 0.6) is 0 Å². The molecule has 0 fully saturated rings. The fourth-order valence-corrected chi connectivity index (χ4v) is 3.69. The smallest absolute Gasteiger partial charge is 0.310 e. The summed E-state index contributed by atoms with van der Waals surface area (Å²) in [5.41, 5.74) is 3.54. The Morgan fingerprint density at radius 2 is 1.54 bits per heavy atom. The number of carbonyl (C=O) groups excluding carboxylic acids is 1. The number of halogens is 2. The van der Waals surface area contributed by atoms with Crippen molar-refractivity contribution in [3.05, 3.63) is 94.0 Å². The first-order valence-electron chi connectivity index (χ1n) is 9.09. The first-order valence-corrected chi connectivity index (χ1v) is 9.84. The molecular formula is C23H21Cl2NO2. The van der Waals surface area contributed by atoms with Gasteiger partial charge in [-0.25, -0.2) is 0 Å². The Morgan fingerprint density at radius 3 is 2.21 bits per heavy atom. The van der Waals surface area contributed by atoms with E-state index in [1.807, 2.05) is 72.8 Å². The van der Waals surface area contributed by atoms with Gasteiger partial charge in [-0.3, -0.25) is 4.79 Å². The molecule has 28 heavy (non-hydrogen) atoms. The van der Waals surface area contributed by atoms with Gasteiger partial charge < -0.3 is 9.64 Å². The number of nitrogens with zero attached hydrogens (tertiary/aromatic N) is 1. The van der Waals surface area contributed by atoms with Crippen molar-refractivity contribution < 1.29 is 9.53 Å². The highest BCUT2D eigenvalue weighted by atomic mass is 35.5. The molecule has 144 valence electrons. The van der Waals surface area contributed by atoms with E-state index in [1.165, 1.54) is 0 Å². The fourth-order valence-electron chi connectivity index (χ4n) is 3.09. The molecule has 0 atom stereocenters. The van der Waals surface area contributed by atoms with Gasteiger partial charge >= 0.3 is 5.97 Å². The predicted molar refractivity (Wildman–Crippen MR) is 116 cm³/mol. The van der Waals surface area contributed by atoms with E-state index in [9.17, 15) is 4.79 Å². The van der Waals surface area contributed by atoms with Crippen LogP contribution in [0.4, 0.5) is 11.4 Å². The van der Waals surface area contributed by atoms with E-state index in [1.54, 1.807) is 6.92 Å². The fraction of sp³-hybridized carbons (Fsp3) is 0.174. The van der Waals surface area contributed by atoms with E-state index >= 15 is 0 Å². The van der Waals surface area contributed by atoms with Crippen molar-refractivity contribution in [3.63, 3.8) is 0 Å². The maximum absolute atomic E-state index is 12.1. The summed E-state index contributed by atoms with van der Waals surface area (Å²) in [6, 6.07) is 23.2. The average molecular weight is 414 g/mol. The molecule has 5 heteroatoms. The molecule has 3 aromatic carbocycles. The predicted octanol–water partition coefficient (Wildman–Crippen LogP) is 6.44. The molecule has 0 saturated carbocycles.